The molecule has 0 aromatic rings. The number of nitrogens with zero attached hydrogens (tertiary/aromatic N) is 1. The first kappa shape index (κ1) is 14.2. The van der Waals surface area contributed by atoms with E-state index in [0.717, 1.165) is 0 Å². The topological polar surface area (TPSA) is 89.9 Å². The summed E-state index contributed by atoms with van der Waals surface area (Å²) in [7, 11) is 0. The van der Waals surface area contributed by atoms with Crippen LogP contribution in [0.15, 0.2) is 17.4 Å². The van der Waals surface area contributed by atoms with Crippen LogP contribution in [0.5, 0.6) is 0 Å². The summed E-state index contributed by atoms with van der Waals surface area (Å²) in [5.41, 5.74) is 12.2. The van der Waals surface area contributed by atoms with E-state index in [1.165, 1.54) is 0 Å². The fourth-order valence-corrected chi connectivity index (χ4v) is 0.745. The van der Waals surface area contributed by atoms with Crippen LogP contribution in [0.25, 0.3) is 0 Å². The molecule has 3 N–H and O–H groups in total. The summed E-state index contributed by atoms with van der Waals surface area (Å²) in [6.07, 6.45) is 0. The smallest absolute Gasteiger partial charge is 0.0901 e. The van der Waals surface area contributed by atoms with Crippen LogP contribution in [0.1, 0.15) is 0 Å². The van der Waals surface area contributed by atoms with E-state index >= 15 is 0 Å². The Balaban J connectivity index is 2.98. The highest BCUT2D eigenvalue weighted by Gasteiger charge is 1.92. The van der Waals surface area contributed by atoms with Gasteiger partial charge in [-0.25, -0.2) is 5.53 Å². The van der Waals surface area contributed by atoms with Crippen molar-refractivity contribution >= 4 is 0 Å². The van der Waals surface area contributed by atoms with Crippen LogP contribution < -0.4 is 5.73 Å². The molecule has 0 bridgehead atoms. The van der Waals surface area contributed by atoms with Gasteiger partial charge in [0.25, 0.3) is 0 Å². The van der Waals surface area contributed by atoms with E-state index in [1.807, 2.05) is 0 Å². The molecular formula is C9H19N3O3. The third-order valence-electron chi connectivity index (χ3n) is 1.43. The van der Waals surface area contributed by atoms with Gasteiger partial charge in [0.15, 0.2) is 0 Å². The van der Waals surface area contributed by atoms with Crippen LogP contribution in [-0.4, -0.2) is 46.2 Å². The average molecular weight is 217 g/mol. The third-order valence-corrected chi connectivity index (χ3v) is 1.43. The van der Waals surface area contributed by atoms with Gasteiger partial charge in [-0.15, -0.1) is 0 Å². The quantitative estimate of drug-likeness (QED) is 0.390. The predicted molar refractivity (Wildman–Crippen MR) is 55.8 cm³/mol. The molecule has 0 atom stereocenters. The Morgan fingerprint density at radius 2 is 1.60 bits per heavy atom. The molecule has 0 saturated carbocycles. The van der Waals surface area contributed by atoms with Gasteiger partial charge in [-0.3, -0.25) is 0 Å². The fourth-order valence-electron chi connectivity index (χ4n) is 0.745. The van der Waals surface area contributed by atoms with Crippen molar-refractivity contribution in [2.24, 2.45) is 10.8 Å². The predicted octanol–water partition coefficient (Wildman–Crippen LogP) is 0.540. The number of hydrogen-bond acceptors (Lipinski definition) is 6. The van der Waals surface area contributed by atoms with Gasteiger partial charge in [-0.2, -0.15) is 5.11 Å². The second kappa shape index (κ2) is 11.3. The summed E-state index contributed by atoms with van der Waals surface area (Å²) in [5.74, 6) is 0. The lowest BCUT2D eigenvalue weighted by Gasteiger charge is -2.05. The summed E-state index contributed by atoms with van der Waals surface area (Å²) >= 11 is 0. The molecule has 15 heavy (non-hydrogen) atoms. The zero-order valence-electron chi connectivity index (χ0n) is 8.91. The van der Waals surface area contributed by atoms with Gasteiger partial charge >= 0.3 is 0 Å². The van der Waals surface area contributed by atoms with Crippen molar-refractivity contribution in [2.45, 2.75) is 0 Å². The second-order valence-corrected chi connectivity index (χ2v) is 2.74. The Morgan fingerprint density at radius 1 is 1.07 bits per heavy atom. The summed E-state index contributed by atoms with van der Waals surface area (Å²) in [6.45, 7) is 6.90. The van der Waals surface area contributed by atoms with E-state index in [-0.39, 0.29) is 6.61 Å². The molecule has 0 aromatic carbocycles. The van der Waals surface area contributed by atoms with E-state index < -0.39 is 0 Å². The van der Waals surface area contributed by atoms with Crippen molar-refractivity contribution < 1.29 is 14.2 Å². The van der Waals surface area contributed by atoms with Crippen LogP contribution in [0.3, 0.4) is 0 Å². The van der Waals surface area contributed by atoms with Crippen LogP contribution in [-0.2, 0) is 14.2 Å². The summed E-state index contributed by atoms with van der Waals surface area (Å²) in [6, 6.07) is 0. The Labute approximate surface area is 89.9 Å². The van der Waals surface area contributed by atoms with Gasteiger partial charge in [-0.1, -0.05) is 6.58 Å². The minimum atomic E-state index is 0.274. The Morgan fingerprint density at radius 3 is 2.13 bits per heavy atom. The highest BCUT2D eigenvalue weighted by Crippen LogP contribution is 1.91. The lowest BCUT2D eigenvalue weighted by Crippen LogP contribution is -2.13. The summed E-state index contributed by atoms with van der Waals surface area (Å²) in [5, 5.41) is 3.11. The molecule has 0 aromatic heterocycles. The molecule has 0 spiro atoms. The number of ether oxygens (including phenoxy) is 3. The lowest BCUT2D eigenvalue weighted by molar-refractivity contribution is 0.0200. The maximum atomic E-state index is 6.61. The molecule has 0 rings (SSSR count). The third kappa shape index (κ3) is 11.1. The molecule has 6 nitrogen and oxygen atoms in total. The molecule has 0 heterocycles. The second-order valence-electron chi connectivity index (χ2n) is 2.74. The maximum Gasteiger partial charge on any atom is 0.0901 e. The standard InChI is InChI=1S/C9H19N3O3/c1-9(12-11)8-15-7-6-14-5-4-13-3-2-10/h11H,1-8,10H2. The SMILES string of the molecule is C=C(COCCOCCOCCN)N=N. The molecule has 0 amide bonds. The minimum Gasteiger partial charge on any atom is -0.378 e. The molecule has 0 aliphatic carbocycles. The number of hydrogen-bond donors (Lipinski definition) is 2. The average Bonchev–Trinajstić information content (AvgIpc) is 2.26. The van der Waals surface area contributed by atoms with E-state index in [0.29, 0.717) is 45.3 Å². The first-order valence-electron chi connectivity index (χ1n) is 4.79. The van der Waals surface area contributed by atoms with Gasteiger partial charge in [0.2, 0.25) is 0 Å². The van der Waals surface area contributed by atoms with Crippen LogP contribution >= 0.6 is 0 Å². The number of nitrogens with one attached hydrogen (secondary N) is 1. The van der Waals surface area contributed by atoms with Crippen molar-refractivity contribution in [1.29, 1.82) is 5.53 Å². The maximum absolute atomic E-state index is 6.61. The van der Waals surface area contributed by atoms with Gasteiger partial charge in [0.1, 0.15) is 0 Å². The van der Waals surface area contributed by atoms with Gasteiger partial charge in [-0.05, 0) is 0 Å². The van der Waals surface area contributed by atoms with Crippen molar-refractivity contribution in [2.75, 3.05) is 46.2 Å². The normalized spacial score (nSPS) is 10.2. The Hall–Kier alpha value is -0.820. The Bertz CT molecular complexity index is 176. The molecule has 0 fully saturated rings. The largest absolute Gasteiger partial charge is 0.378 e. The summed E-state index contributed by atoms with van der Waals surface area (Å²) in [4.78, 5) is 0. The molecular weight excluding hydrogens is 198 g/mol. The van der Waals surface area contributed by atoms with Crippen LogP contribution in [0.4, 0.5) is 0 Å². The zero-order chi connectivity index (χ0) is 11.4. The van der Waals surface area contributed by atoms with E-state index in [2.05, 4.69) is 11.7 Å². The fraction of sp³-hybridized carbons (Fsp3) is 0.778. The monoisotopic (exact) mass is 217 g/mol. The molecule has 0 unspecified atom stereocenters. The molecule has 0 aliphatic heterocycles. The van der Waals surface area contributed by atoms with Crippen molar-refractivity contribution in [1.82, 2.24) is 0 Å². The highest BCUT2D eigenvalue weighted by molar-refractivity contribution is 4.88. The van der Waals surface area contributed by atoms with Crippen molar-refractivity contribution in [3.05, 3.63) is 12.3 Å². The lowest BCUT2D eigenvalue weighted by atomic mass is 10.5. The first-order valence-corrected chi connectivity index (χ1v) is 4.79. The van der Waals surface area contributed by atoms with E-state index in [9.17, 15) is 0 Å². The van der Waals surface area contributed by atoms with Crippen LogP contribution in [0.2, 0.25) is 0 Å². The number of nitrogens with two attached hydrogens (primary N) is 1. The highest BCUT2D eigenvalue weighted by atomic mass is 16.5. The molecule has 6 heteroatoms. The zero-order valence-corrected chi connectivity index (χ0v) is 8.91. The van der Waals surface area contributed by atoms with Crippen molar-refractivity contribution in [3.63, 3.8) is 0 Å². The van der Waals surface area contributed by atoms with Gasteiger partial charge < -0.3 is 19.9 Å². The molecule has 0 saturated heterocycles. The minimum absolute atomic E-state index is 0.274. The van der Waals surface area contributed by atoms with Crippen molar-refractivity contribution in [3.8, 4) is 0 Å². The first-order chi connectivity index (χ1) is 7.31. The molecule has 0 aliphatic rings. The van der Waals surface area contributed by atoms with Gasteiger partial charge in [0.05, 0.1) is 45.3 Å². The molecule has 0 radical (unpaired) electrons. The van der Waals surface area contributed by atoms with E-state index in [1.54, 1.807) is 0 Å². The van der Waals surface area contributed by atoms with E-state index in [4.69, 9.17) is 25.5 Å². The molecule has 88 valence electrons. The Kier molecular flexibility index (Phi) is 10.6. The summed E-state index contributed by atoms with van der Waals surface area (Å²) < 4.78 is 15.4. The van der Waals surface area contributed by atoms with Crippen LogP contribution in [0, 0.1) is 5.53 Å². The van der Waals surface area contributed by atoms with Gasteiger partial charge in [0, 0.05) is 6.54 Å². The number of rotatable bonds is 11.